The third kappa shape index (κ3) is 5.93. The molecule has 3 aromatic carbocycles. The highest BCUT2D eigenvalue weighted by Gasteiger charge is 2.38. The molecular formula is C32H31F3O5S. The number of benzene rings is 3. The zero-order chi connectivity index (χ0) is 28.6. The SMILES string of the molecule is COC(=O)CC1COc2cc(SC3CCc4c3ccc(C(F)(F)F)c4-c3ccc(OCC4CCOC4)cc3)ccc21. The van der Waals surface area contributed by atoms with Crippen LogP contribution in [-0.4, -0.2) is 39.5 Å². The van der Waals surface area contributed by atoms with Gasteiger partial charge in [-0.3, -0.25) is 4.79 Å². The lowest BCUT2D eigenvalue weighted by molar-refractivity contribution is -0.141. The zero-order valence-corrected chi connectivity index (χ0v) is 23.5. The maximum absolute atomic E-state index is 14.2. The Morgan fingerprint density at radius 3 is 2.56 bits per heavy atom. The van der Waals surface area contributed by atoms with Crippen LogP contribution in [0.3, 0.4) is 0 Å². The molecule has 0 bridgehead atoms. The first-order valence-electron chi connectivity index (χ1n) is 13.8. The monoisotopic (exact) mass is 584 g/mol. The normalized spacial score (nSPS) is 21.3. The highest BCUT2D eigenvalue weighted by molar-refractivity contribution is 7.99. The first-order chi connectivity index (χ1) is 19.8. The lowest BCUT2D eigenvalue weighted by atomic mass is 9.91. The number of alkyl halides is 3. The van der Waals surface area contributed by atoms with Crippen molar-refractivity contribution < 1.29 is 36.9 Å². The highest BCUT2D eigenvalue weighted by Crippen LogP contribution is 2.51. The predicted octanol–water partition coefficient (Wildman–Crippen LogP) is 7.61. The molecule has 2 heterocycles. The van der Waals surface area contributed by atoms with Gasteiger partial charge in [-0.25, -0.2) is 0 Å². The van der Waals surface area contributed by atoms with Crippen molar-refractivity contribution in [2.75, 3.05) is 33.5 Å². The largest absolute Gasteiger partial charge is 0.493 e. The maximum atomic E-state index is 14.2. The molecule has 5 nitrogen and oxygen atoms in total. The van der Waals surface area contributed by atoms with Gasteiger partial charge < -0.3 is 18.9 Å². The van der Waals surface area contributed by atoms with Crippen molar-refractivity contribution in [1.82, 2.24) is 0 Å². The first-order valence-corrected chi connectivity index (χ1v) is 14.7. The van der Waals surface area contributed by atoms with E-state index < -0.39 is 11.7 Å². The lowest BCUT2D eigenvalue weighted by Crippen LogP contribution is -2.11. The van der Waals surface area contributed by atoms with Crippen LogP contribution in [0, 0.1) is 5.92 Å². The number of carbonyl (C=O) groups is 1. The van der Waals surface area contributed by atoms with Crippen molar-refractivity contribution in [2.45, 2.75) is 47.9 Å². The Balaban J connectivity index is 1.23. The zero-order valence-electron chi connectivity index (χ0n) is 22.7. The van der Waals surface area contributed by atoms with Crippen molar-refractivity contribution in [3.8, 4) is 22.6 Å². The third-order valence-electron chi connectivity index (χ3n) is 8.09. The lowest BCUT2D eigenvalue weighted by Gasteiger charge is -2.19. The summed E-state index contributed by atoms with van der Waals surface area (Å²) in [5, 5.41) is 0.0209. The van der Waals surface area contributed by atoms with E-state index in [0.717, 1.165) is 46.8 Å². The summed E-state index contributed by atoms with van der Waals surface area (Å²) in [6.45, 7) is 2.37. The summed E-state index contributed by atoms with van der Waals surface area (Å²) in [5.74, 6) is 1.42. The first kappa shape index (κ1) is 28.0. The summed E-state index contributed by atoms with van der Waals surface area (Å²) in [4.78, 5) is 12.7. The van der Waals surface area contributed by atoms with Gasteiger partial charge in [0.05, 0.1) is 38.9 Å². The Morgan fingerprint density at radius 1 is 1.02 bits per heavy atom. The molecule has 216 valence electrons. The number of ether oxygens (including phenoxy) is 4. The van der Waals surface area contributed by atoms with Gasteiger partial charge in [-0.1, -0.05) is 24.3 Å². The number of hydrogen-bond acceptors (Lipinski definition) is 6. The van der Waals surface area contributed by atoms with E-state index in [1.807, 2.05) is 18.2 Å². The van der Waals surface area contributed by atoms with E-state index >= 15 is 0 Å². The number of halogens is 3. The maximum Gasteiger partial charge on any atom is 0.417 e. The van der Waals surface area contributed by atoms with Crippen LogP contribution in [0.15, 0.2) is 59.5 Å². The molecule has 3 unspecified atom stereocenters. The molecule has 3 aromatic rings. The molecule has 41 heavy (non-hydrogen) atoms. The number of hydrogen-bond donors (Lipinski definition) is 0. The molecule has 0 spiro atoms. The van der Waals surface area contributed by atoms with E-state index in [1.54, 1.807) is 42.1 Å². The number of carbonyl (C=O) groups excluding carboxylic acids is 1. The standard InChI is InChI=1S/C32H31F3O5S/c1-37-30(36)14-21-18-40-28-15-23(6-7-24(21)28)41-29-11-9-26-25(29)8-10-27(32(33,34)35)31(26)20-2-4-22(5-3-20)39-17-19-12-13-38-16-19/h2-8,10,15,19,21,29H,9,11-14,16-18H2,1H3. The van der Waals surface area contributed by atoms with Crippen molar-refractivity contribution in [1.29, 1.82) is 0 Å². The summed E-state index contributed by atoms with van der Waals surface area (Å²) in [5.41, 5.74) is 2.86. The van der Waals surface area contributed by atoms with Crippen LogP contribution in [0.4, 0.5) is 13.2 Å². The molecule has 1 aliphatic carbocycles. The molecule has 6 rings (SSSR count). The molecule has 0 amide bonds. The summed E-state index contributed by atoms with van der Waals surface area (Å²) in [7, 11) is 1.37. The van der Waals surface area contributed by atoms with Crippen molar-refractivity contribution in [3.63, 3.8) is 0 Å². The molecule has 9 heteroatoms. The summed E-state index contributed by atoms with van der Waals surface area (Å²) < 4.78 is 64.5. The van der Waals surface area contributed by atoms with Crippen LogP contribution in [0.5, 0.6) is 11.5 Å². The highest BCUT2D eigenvalue weighted by atomic mass is 32.2. The molecule has 3 aliphatic rings. The Morgan fingerprint density at radius 2 is 1.83 bits per heavy atom. The fraction of sp³-hybridized carbons (Fsp3) is 0.406. The van der Waals surface area contributed by atoms with Gasteiger partial charge in [-0.15, -0.1) is 11.8 Å². The third-order valence-corrected chi connectivity index (χ3v) is 9.39. The molecule has 2 aliphatic heterocycles. The van der Waals surface area contributed by atoms with Crippen molar-refractivity contribution in [3.05, 3.63) is 76.9 Å². The van der Waals surface area contributed by atoms with Gasteiger partial charge in [0, 0.05) is 34.2 Å². The Labute approximate surface area is 241 Å². The van der Waals surface area contributed by atoms with Crippen LogP contribution in [-0.2, 0) is 26.9 Å². The number of fused-ring (bicyclic) bond motifs is 2. The number of rotatable bonds is 8. The van der Waals surface area contributed by atoms with E-state index in [-0.39, 0.29) is 29.1 Å². The molecule has 0 aromatic heterocycles. The molecule has 3 atom stereocenters. The van der Waals surface area contributed by atoms with Gasteiger partial charge in [-0.05, 0) is 71.8 Å². The van der Waals surface area contributed by atoms with Gasteiger partial charge >= 0.3 is 12.1 Å². The summed E-state index contributed by atoms with van der Waals surface area (Å²) >= 11 is 1.63. The van der Waals surface area contributed by atoms with Crippen LogP contribution in [0.1, 0.15) is 52.7 Å². The van der Waals surface area contributed by atoms with Crippen LogP contribution in [0.25, 0.3) is 11.1 Å². The van der Waals surface area contributed by atoms with E-state index in [9.17, 15) is 18.0 Å². The molecule has 0 N–H and O–H groups in total. The predicted molar refractivity (Wildman–Crippen MR) is 150 cm³/mol. The molecule has 0 saturated carbocycles. The van der Waals surface area contributed by atoms with E-state index in [1.165, 1.54) is 13.2 Å². The average molecular weight is 585 g/mol. The van der Waals surface area contributed by atoms with Gasteiger partial charge in [0.25, 0.3) is 0 Å². The minimum absolute atomic E-state index is 0.0209. The topological polar surface area (TPSA) is 54.0 Å². The number of esters is 1. The Bertz CT molecular complexity index is 1420. The second kappa shape index (κ2) is 11.6. The average Bonchev–Trinajstić information content (AvgIpc) is 3.72. The van der Waals surface area contributed by atoms with Gasteiger partial charge in [0.15, 0.2) is 0 Å². The second-order valence-corrected chi connectivity index (χ2v) is 12.0. The van der Waals surface area contributed by atoms with Crippen LogP contribution in [0.2, 0.25) is 0 Å². The van der Waals surface area contributed by atoms with Crippen molar-refractivity contribution in [2.24, 2.45) is 5.92 Å². The van der Waals surface area contributed by atoms with Gasteiger partial charge in [-0.2, -0.15) is 13.2 Å². The van der Waals surface area contributed by atoms with Gasteiger partial charge in [0.2, 0.25) is 0 Å². The molecule has 0 radical (unpaired) electrons. The Hall–Kier alpha value is -3.17. The summed E-state index contributed by atoms with van der Waals surface area (Å²) in [6.07, 6.45) is -1.95. The molecule has 1 fully saturated rings. The molecular weight excluding hydrogens is 553 g/mol. The van der Waals surface area contributed by atoms with E-state index in [0.29, 0.717) is 43.5 Å². The van der Waals surface area contributed by atoms with E-state index in [4.69, 9.17) is 18.9 Å². The smallest absolute Gasteiger partial charge is 0.417 e. The second-order valence-electron chi connectivity index (χ2n) is 10.8. The van der Waals surface area contributed by atoms with Crippen LogP contribution >= 0.6 is 11.8 Å². The molecule has 1 saturated heterocycles. The fourth-order valence-electron chi connectivity index (χ4n) is 5.95. The fourth-order valence-corrected chi connectivity index (χ4v) is 7.18. The quantitative estimate of drug-likeness (QED) is 0.254. The minimum Gasteiger partial charge on any atom is -0.493 e. The van der Waals surface area contributed by atoms with Crippen molar-refractivity contribution >= 4 is 17.7 Å². The number of thioether (sulfide) groups is 1. The summed E-state index contributed by atoms with van der Waals surface area (Å²) in [6, 6.07) is 15.8. The Kier molecular flexibility index (Phi) is 7.92. The van der Waals surface area contributed by atoms with E-state index in [2.05, 4.69) is 0 Å². The van der Waals surface area contributed by atoms with Crippen LogP contribution < -0.4 is 9.47 Å². The number of methoxy groups -OCH3 is 1. The minimum atomic E-state index is -4.47. The van der Waals surface area contributed by atoms with Gasteiger partial charge in [0.1, 0.15) is 11.5 Å².